The van der Waals surface area contributed by atoms with Crippen molar-refractivity contribution in [3.8, 4) is 23.0 Å². The molecule has 0 saturated carbocycles. The van der Waals surface area contributed by atoms with Gasteiger partial charge in [0.1, 0.15) is 5.75 Å². The maximum atomic E-state index is 5.56. The monoisotopic (exact) mass is 357 g/mol. The largest absolute Gasteiger partial charge is 0.497 e. The van der Waals surface area contributed by atoms with E-state index in [2.05, 4.69) is 24.1 Å². The first-order valence-corrected chi connectivity index (χ1v) is 8.79. The molecule has 2 aromatic rings. The zero-order valence-electron chi connectivity index (χ0n) is 16.2. The number of aryl methyl sites for hydroxylation is 1. The Kier molecular flexibility index (Phi) is 5.57. The Morgan fingerprint density at radius 2 is 1.58 bits per heavy atom. The number of nitrogens with zero attached hydrogens (tertiary/aromatic N) is 1. The zero-order chi connectivity index (χ0) is 18.7. The number of ether oxygens (including phenoxy) is 4. The predicted molar refractivity (Wildman–Crippen MR) is 102 cm³/mol. The topological polar surface area (TPSA) is 40.2 Å². The minimum Gasteiger partial charge on any atom is -0.497 e. The number of rotatable bonds is 5. The maximum absolute atomic E-state index is 5.56. The standard InChI is InChI=1S/C21H27NO4/c1-22-10-6-7-14-11-16(23-2)8-9-17(14)20(22)15-12-18(24-3)21(26-5)19(13-15)25-4/h8-9,11-13,20H,6-7,10H2,1-5H3. The van der Waals surface area contributed by atoms with E-state index in [-0.39, 0.29) is 6.04 Å². The van der Waals surface area contributed by atoms with E-state index in [1.165, 1.54) is 11.1 Å². The van der Waals surface area contributed by atoms with Gasteiger partial charge >= 0.3 is 0 Å². The van der Waals surface area contributed by atoms with Crippen LogP contribution in [0.4, 0.5) is 0 Å². The van der Waals surface area contributed by atoms with Gasteiger partial charge in [-0.25, -0.2) is 0 Å². The van der Waals surface area contributed by atoms with Gasteiger partial charge in [-0.05, 0) is 67.4 Å². The summed E-state index contributed by atoms with van der Waals surface area (Å²) in [5.74, 6) is 2.87. The van der Waals surface area contributed by atoms with Crippen molar-refractivity contribution in [3.63, 3.8) is 0 Å². The quantitative estimate of drug-likeness (QED) is 0.816. The van der Waals surface area contributed by atoms with Crippen LogP contribution in [0.2, 0.25) is 0 Å². The number of fused-ring (bicyclic) bond motifs is 1. The molecule has 1 aliphatic heterocycles. The van der Waals surface area contributed by atoms with Crippen molar-refractivity contribution in [2.45, 2.75) is 18.9 Å². The van der Waals surface area contributed by atoms with E-state index >= 15 is 0 Å². The van der Waals surface area contributed by atoms with Crippen LogP contribution in [0.3, 0.4) is 0 Å². The van der Waals surface area contributed by atoms with Gasteiger partial charge < -0.3 is 18.9 Å². The number of hydrogen-bond donors (Lipinski definition) is 0. The van der Waals surface area contributed by atoms with Crippen LogP contribution in [0.15, 0.2) is 30.3 Å². The summed E-state index contributed by atoms with van der Waals surface area (Å²) in [6.07, 6.45) is 2.15. The van der Waals surface area contributed by atoms with Crippen LogP contribution in [-0.4, -0.2) is 46.9 Å². The van der Waals surface area contributed by atoms with E-state index in [4.69, 9.17) is 18.9 Å². The van der Waals surface area contributed by atoms with E-state index in [1.807, 2.05) is 18.2 Å². The second kappa shape index (κ2) is 7.87. The van der Waals surface area contributed by atoms with Gasteiger partial charge in [-0.3, -0.25) is 4.90 Å². The predicted octanol–water partition coefficient (Wildman–Crippen LogP) is 3.69. The third-order valence-electron chi connectivity index (χ3n) is 5.05. The summed E-state index contributed by atoms with van der Waals surface area (Å²) in [5.41, 5.74) is 3.74. The summed E-state index contributed by atoms with van der Waals surface area (Å²) < 4.78 is 22.0. The number of hydrogen-bond acceptors (Lipinski definition) is 5. The maximum Gasteiger partial charge on any atom is 0.203 e. The lowest BCUT2D eigenvalue weighted by Crippen LogP contribution is -2.25. The molecular weight excluding hydrogens is 330 g/mol. The SMILES string of the molecule is COc1ccc2c(c1)CCCN(C)C2c1cc(OC)c(OC)c(OC)c1. The lowest BCUT2D eigenvalue weighted by atomic mass is 9.92. The Balaban J connectivity index is 2.16. The average Bonchev–Trinajstić information content (AvgIpc) is 2.84. The van der Waals surface area contributed by atoms with E-state index in [1.54, 1.807) is 28.4 Å². The van der Waals surface area contributed by atoms with Gasteiger partial charge in [-0.2, -0.15) is 0 Å². The minimum atomic E-state index is 0.118. The van der Waals surface area contributed by atoms with Crippen LogP contribution in [0.5, 0.6) is 23.0 Å². The molecule has 1 atom stereocenters. The van der Waals surface area contributed by atoms with Gasteiger partial charge in [0.15, 0.2) is 11.5 Å². The van der Waals surface area contributed by atoms with Crippen LogP contribution in [0.25, 0.3) is 0 Å². The van der Waals surface area contributed by atoms with E-state index in [0.717, 1.165) is 30.7 Å². The van der Waals surface area contributed by atoms with Crippen molar-refractivity contribution in [2.24, 2.45) is 0 Å². The third kappa shape index (κ3) is 3.31. The molecule has 3 rings (SSSR count). The van der Waals surface area contributed by atoms with Crippen LogP contribution in [0, 0.1) is 0 Å². The highest BCUT2D eigenvalue weighted by molar-refractivity contribution is 5.56. The van der Waals surface area contributed by atoms with Gasteiger partial charge in [-0.15, -0.1) is 0 Å². The molecule has 1 unspecified atom stereocenters. The molecule has 0 bridgehead atoms. The molecule has 2 aromatic carbocycles. The number of benzene rings is 2. The summed E-state index contributed by atoms with van der Waals surface area (Å²) in [4.78, 5) is 2.37. The molecule has 0 saturated heterocycles. The molecular formula is C21H27NO4. The van der Waals surface area contributed by atoms with Gasteiger partial charge in [0, 0.05) is 0 Å². The van der Waals surface area contributed by atoms with Crippen LogP contribution >= 0.6 is 0 Å². The first-order valence-electron chi connectivity index (χ1n) is 8.79. The van der Waals surface area contributed by atoms with Crippen molar-refractivity contribution in [2.75, 3.05) is 42.0 Å². The Hall–Kier alpha value is -2.40. The van der Waals surface area contributed by atoms with Gasteiger partial charge in [0.25, 0.3) is 0 Å². The molecule has 140 valence electrons. The molecule has 0 radical (unpaired) electrons. The Morgan fingerprint density at radius 3 is 2.15 bits per heavy atom. The van der Waals surface area contributed by atoms with E-state index in [0.29, 0.717) is 17.2 Å². The van der Waals surface area contributed by atoms with Crippen molar-refractivity contribution in [1.29, 1.82) is 0 Å². The Bertz CT molecular complexity index is 750. The second-order valence-corrected chi connectivity index (χ2v) is 6.51. The molecule has 5 nitrogen and oxygen atoms in total. The highest BCUT2D eigenvalue weighted by Gasteiger charge is 2.27. The lowest BCUT2D eigenvalue weighted by molar-refractivity contribution is 0.280. The fourth-order valence-corrected chi connectivity index (χ4v) is 3.77. The summed E-state index contributed by atoms with van der Waals surface area (Å²) in [6, 6.07) is 10.6. The second-order valence-electron chi connectivity index (χ2n) is 6.51. The highest BCUT2D eigenvalue weighted by atomic mass is 16.5. The van der Waals surface area contributed by atoms with Crippen molar-refractivity contribution in [3.05, 3.63) is 47.0 Å². The minimum absolute atomic E-state index is 0.118. The Morgan fingerprint density at radius 1 is 0.885 bits per heavy atom. The Labute approximate surface area is 155 Å². The van der Waals surface area contributed by atoms with Gasteiger partial charge in [-0.1, -0.05) is 6.07 Å². The molecule has 0 N–H and O–H groups in total. The van der Waals surface area contributed by atoms with Gasteiger partial charge in [0.05, 0.1) is 34.5 Å². The van der Waals surface area contributed by atoms with Crippen LogP contribution < -0.4 is 18.9 Å². The summed E-state index contributed by atoms with van der Waals surface area (Å²) in [5, 5.41) is 0. The summed E-state index contributed by atoms with van der Waals surface area (Å²) >= 11 is 0. The molecule has 5 heteroatoms. The first kappa shape index (κ1) is 18.4. The number of methoxy groups -OCH3 is 4. The first-order chi connectivity index (χ1) is 12.6. The fraction of sp³-hybridized carbons (Fsp3) is 0.429. The fourth-order valence-electron chi connectivity index (χ4n) is 3.77. The average molecular weight is 357 g/mol. The summed E-state index contributed by atoms with van der Waals surface area (Å²) in [6.45, 7) is 1.01. The molecule has 0 aromatic heterocycles. The van der Waals surface area contributed by atoms with Crippen LogP contribution in [0.1, 0.15) is 29.2 Å². The highest BCUT2D eigenvalue weighted by Crippen LogP contribution is 2.43. The molecule has 0 spiro atoms. The molecule has 1 aliphatic rings. The molecule has 0 aliphatic carbocycles. The van der Waals surface area contributed by atoms with Crippen molar-refractivity contribution in [1.82, 2.24) is 4.90 Å². The zero-order valence-corrected chi connectivity index (χ0v) is 16.2. The third-order valence-corrected chi connectivity index (χ3v) is 5.05. The van der Waals surface area contributed by atoms with Crippen molar-refractivity contribution >= 4 is 0 Å². The molecule has 0 amide bonds. The molecule has 0 fully saturated rings. The van der Waals surface area contributed by atoms with Crippen LogP contribution in [-0.2, 0) is 6.42 Å². The summed E-state index contributed by atoms with van der Waals surface area (Å²) in [7, 11) is 8.79. The van der Waals surface area contributed by atoms with Crippen molar-refractivity contribution < 1.29 is 18.9 Å². The molecule has 26 heavy (non-hydrogen) atoms. The smallest absolute Gasteiger partial charge is 0.203 e. The lowest BCUT2D eigenvalue weighted by Gasteiger charge is -2.29. The normalized spacial score (nSPS) is 17.2. The molecule has 1 heterocycles. The van der Waals surface area contributed by atoms with Gasteiger partial charge in [0.2, 0.25) is 5.75 Å². The van der Waals surface area contributed by atoms with E-state index in [9.17, 15) is 0 Å². The van der Waals surface area contributed by atoms with E-state index < -0.39 is 0 Å².